The van der Waals surface area contributed by atoms with Crippen LogP contribution in [0.1, 0.15) is 52.4 Å². The van der Waals surface area contributed by atoms with E-state index in [9.17, 15) is 9.18 Å². The second kappa shape index (κ2) is 7.48. The lowest BCUT2D eigenvalue weighted by molar-refractivity contribution is 0.00100. The molecule has 3 fully saturated rings. The molecule has 1 saturated carbocycles. The van der Waals surface area contributed by atoms with Gasteiger partial charge in [-0.05, 0) is 30.5 Å². The van der Waals surface area contributed by atoms with Gasteiger partial charge in [0.1, 0.15) is 5.82 Å². The van der Waals surface area contributed by atoms with E-state index in [1.54, 1.807) is 4.90 Å². The molecule has 1 spiro atoms. The number of hydrogen-bond acceptors (Lipinski definition) is 5. The van der Waals surface area contributed by atoms with Crippen LogP contribution in [0.3, 0.4) is 0 Å². The van der Waals surface area contributed by atoms with Crippen molar-refractivity contribution in [2.45, 2.75) is 31.2 Å². The standard InChI is InChI=1S/C24H25FN6O/c25-19-7-4-10-26-20(19)23(32)31-14-24(15-31)13-30(11-16-5-2-1-3-6-16)12-18(24)22-27-21(28-29-22)17-8-9-17/h1-7,10,17-18H,8-9,11-15H2,(H,27,28,29). The summed E-state index contributed by atoms with van der Waals surface area (Å²) >= 11 is 0. The van der Waals surface area contributed by atoms with Crippen molar-refractivity contribution < 1.29 is 9.18 Å². The van der Waals surface area contributed by atoms with Gasteiger partial charge in [0.05, 0.1) is 0 Å². The van der Waals surface area contributed by atoms with E-state index in [1.165, 1.54) is 23.9 Å². The maximum absolute atomic E-state index is 14.1. The highest BCUT2D eigenvalue weighted by atomic mass is 19.1. The Hall–Kier alpha value is -3.13. The number of halogens is 1. The molecule has 2 aromatic heterocycles. The van der Waals surface area contributed by atoms with Crippen LogP contribution in [0.5, 0.6) is 0 Å². The fraction of sp³-hybridized carbons (Fsp3) is 0.417. The van der Waals surface area contributed by atoms with Crippen molar-refractivity contribution in [1.29, 1.82) is 0 Å². The smallest absolute Gasteiger partial charge is 0.275 e. The van der Waals surface area contributed by atoms with Gasteiger partial charge in [-0.2, -0.15) is 5.10 Å². The van der Waals surface area contributed by atoms with E-state index in [0.717, 1.165) is 44.1 Å². The fourth-order valence-corrected chi connectivity index (χ4v) is 5.25. The van der Waals surface area contributed by atoms with Crippen LogP contribution >= 0.6 is 0 Å². The first-order chi connectivity index (χ1) is 15.6. The Balaban J connectivity index is 1.24. The first-order valence-corrected chi connectivity index (χ1v) is 11.2. The van der Waals surface area contributed by atoms with Gasteiger partial charge in [0.15, 0.2) is 17.3 Å². The number of hydrogen-bond donors (Lipinski definition) is 1. The predicted octanol–water partition coefficient (Wildman–Crippen LogP) is 2.96. The monoisotopic (exact) mass is 432 g/mol. The summed E-state index contributed by atoms with van der Waals surface area (Å²) in [5, 5.41) is 7.67. The summed E-state index contributed by atoms with van der Waals surface area (Å²) in [6.45, 7) is 3.70. The van der Waals surface area contributed by atoms with Crippen molar-refractivity contribution in [3.63, 3.8) is 0 Å². The minimum atomic E-state index is -0.573. The topological polar surface area (TPSA) is 78.0 Å². The molecule has 1 N–H and O–H groups in total. The van der Waals surface area contributed by atoms with Crippen LogP contribution in [0.25, 0.3) is 0 Å². The summed E-state index contributed by atoms with van der Waals surface area (Å²) in [6, 6.07) is 13.2. The van der Waals surface area contributed by atoms with Crippen LogP contribution in [0.4, 0.5) is 4.39 Å². The van der Waals surface area contributed by atoms with Crippen molar-refractivity contribution in [3.05, 3.63) is 77.4 Å². The minimum Gasteiger partial charge on any atom is -0.336 e. The number of nitrogens with zero attached hydrogens (tertiary/aromatic N) is 5. The van der Waals surface area contributed by atoms with E-state index >= 15 is 0 Å². The molecule has 8 heteroatoms. The molecule has 3 aliphatic rings. The van der Waals surface area contributed by atoms with Crippen LogP contribution in [-0.4, -0.2) is 62.1 Å². The van der Waals surface area contributed by atoms with Gasteiger partial charge in [-0.15, -0.1) is 0 Å². The molecule has 164 valence electrons. The number of H-pyrrole nitrogens is 1. The highest BCUT2D eigenvalue weighted by Gasteiger charge is 2.57. The Labute approximate surface area is 185 Å². The van der Waals surface area contributed by atoms with E-state index in [4.69, 9.17) is 4.98 Å². The lowest BCUT2D eigenvalue weighted by Gasteiger charge is -2.50. The van der Waals surface area contributed by atoms with Crippen LogP contribution in [0.15, 0.2) is 48.7 Å². The third kappa shape index (κ3) is 3.39. The molecule has 2 saturated heterocycles. The summed E-state index contributed by atoms with van der Waals surface area (Å²) < 4.78 is 14.1. The Kier molecular flexibility index (Phi) is 4.57. The first kappa shape index (κ1) is 19.5. The van der Waals surface area contributed by atoms with Crippen molar-refractivity contribution in [2.75, 3.05) is 26.2 Å². The number of carbonyl (C=O) groups is 1. The molecule has 1 aliphatic carbocycles. The number of amides is 1. The van der Waals surface area contributed by atoms with Gasteiger partial charge in [-0.25, -0.2) is 14.4 Å². The average Bonchev–Trinajstić information content (AvgIpc) is 3.39. The number of rotatable bonds is 5. The van der Waals surface area contributed by atoms with Gasteiger partial charge < -0.3 is 4.90 Å². The third-order valence-electron chi connectivity index (χ3n) is 7.02. The van der Waals surface area contributed by atoms with E-state index in [0.29, 0.717) is 19.0 Å². The van der Waals surface area contributed by atoms with Gasteiger partial charge in [0, 0.05) is 56.2 Å². The maximum atomic E-state index is 14.1. The van der Waals surface area contributed by atoms with Gasteiger partial charge in [0.25, 0.3) is 5.91 Å². The first-order valence-electron chi connectivity index (χ1n) is 11.2. The summed E-state index contributed by atoms with van der Waals surface area (Å²) in [4.78, 5) is 25.8. The Bertz CT molecular complexity index is 1140. The Morgan fingerprint density at radius 2 is 1.94 bits per heavy atom. The Morgan fingerprint density at radius 1 is 1.12 bits per heavy atom. The van der Waals surface area contributed by atoms with Crippen LogP contribution in [0, 0.1) is 11.2 Å². The molecule has 0 radical (unpaired) electrons. The Morgan fingerprint density at radius 3 is 2.69 bits per heavy atom. The number of benzene rings is 1. The van der Waals surface area contributed by atoms with Crippen molar-refractivity contribution in [2.24, 2.45) is 5.41 Å². The zero-order valence-electron chi connectivity index (χ0n) is 17.7. The molecule has 7 nitrogen and oxygen atoms in total. The quantitative estimate of drug-likeness (QED) is 0.671. The molecule has 4 heterocycles. The molecule has 2 aliphatic heterocycles. The third-order valence-corrected chi connectivity index (χ3v) is 7.02. The number of aromatic amines is 1. The summed E-state index contributed by atoms with van der Waals surface area (Å²) in [5.74, 6) is 1.56. The SMILES string of the molecule is O=C(c1ncccc1F)N1CC2(CN(Cc3ccccc3)CC2c2nc(C3CC3)n[nH]2)C1. The zero-order chi connectivity index (χ0) is 21.7. The maximum Gasteiger partial charge on any atom is 0.275 e. The molecular formula is C24H25FN6O. The van der Waals surface area contributed by atoms with E-state index < -0.39 is 5.82 Å². The van der Waals surface area contributed by atoms with E-state index in [2.05, 4.69) is 44.3 Å². The second-order valence-corrected chi connectivity index (χ2v) is 9.42. The second-order valence-electron chi connectivity index (χ2n) is 9.42. The van der Waals surface area contributed by atoms with Gasteiger partial charge in [-0.3, -0.25) is 14.8 Å². The van der Waals surface area contributed by atoms with E-state index in [-0.39, 0.29) is 22.9 Å². The number of carbonyl (C=O) groups excluding carboxylic acids is 1. The molecular weight excluding hydrogens is 407 g/mol. The van der Waals surface area contributed by atoms with Crippen molar-refractivity contribution >= 4 is 5.91 Å². The normalized spacial score (nSPS) is 22.3. The van der Waals surface area contributed by atoms with E-state index in [1.807, 2.05) is 6.07 Å². The number of likely N-dealkylation sites (tertiary alicyclic amines) is 2. The highest BCUT2D eigenvalue weighted by molar-refractivity contribution is 5.93. The average molecular weight is 433 g/mol. The van der Waals surface area contributed by atoms with Crippen molar-refractivity contribution in [3.8, 4) is 0 Å². The summed E-state index contributed by atoms with van der Waals surface area (Å²) in [7, 11) is 0. The predicted molar refractivity (Wildman–Crippen MR) is 115 cm³/mol. The molecule has 1 atom stereocenters. The number of nitrogens with one attached hydrogen (secondary N) is 1. The van der Waals surface area contributed by atoms with Gasteiger partial charge in [-0.1, -0.05) is 30.3 Å². The van der Waals surface area contributed by atoms with Gasteiger partial charge >= 0.3 is 0 Å². The van der Waals surface area contributed by atoms with Crippen LogP contribution < -0.4 is 0 Å². The number of pyridine rings is 1. The minimum absolute atomic E-state index is 0.103. The lowest BCUT2D eigenvalue weighted by atomic mass is 9.71. The van der Waals surface area contributed by atoms with Crippen molar-refractivity contribution in [1.82, 2.24) is 30.0 Å². The molecule has 1 aromatic carbocycles. The molecule has 0 bridgehead atoms. The summed E-state index contributed by atoms with van der Waals surface area (Å²) in [6.07, 6.45) is 3.77. The summed E-state index contributed by atoms with van der Waals surface area (Å²) in [5.41, 5.74) is 1.05. The largest absolute Gasteiger partial charge is 0.336 e. The molecule has 3 aromatic rings. The highest BCUT2D eigenvalue weighted by Crippen LogP contribution is 2.49. The fourth-order valence-electron chi connectivity index (χ4n) is 5.25. The number of aromatic nitrogens is 4. The molecule has 6 rings (SSSR count). The van der Waals surface area contributed by atoms with Crippen LogP contribution in [-0.2, 0) is 6.54 Å². The molecule has 1 amide bonds. The van der Waals surface area contributed by atoms with Gasteiger partial charge in [0.2, 0.25) is 0 Å². The zero-order valence-corrected chi connectivity index (χ0v) is 17.7. The molecule has 1 unspecified atom stereocenters. The molecule has 32 heavy (non-hydrogen) atoms. The lowest BCUT2D eigenvalue weighted by Crippen LogP contribution is -2.61. The van der Waals surface area contributed by atoms with Crippen LogP contribution in [0.2, 0.25) is 0 Å².